The molecule has 0 saturated heterocycles. The molecule has 0 amide bonds. The van der Waals surface area contributed by atoms with Gasteiger partial charge in [0.15, 0.2) is 5.82 Å². The Kier molecular flexibility index (Phi) is 3.38. The number of anilines is 1. The van der Waals surface area contributed by atoms with Gasteiger partial charge in [-0.15, -0.1) is 11.3 Å². The second-order valence-electron chi connectivity index (χ2n) is 5.40. The average Bonchev–Trinajstić information content (AvgIpc) is 3.21. The van der Waals surface area contributed by atoms with Crippen molar-refractivity contribution in [2.45, 2.75) is 32.7 Å². The molecule has 1 aliphatic carbocycles. The Morgan fingerprint density at radius 1 is 1.27 bits per heavy atom. The number of thiazole rings is 1. The molecule has 0 unspecified atom stereocenters. The van der Waals surface area contributed by atoms with Crippen LogP contribution in [0.1, 0.15) is 27.8 Å². The van der Waals surface area contributed by atoms with Gasteiger partial charge in [0.05, 0.1) is 17.9 Å². The number of rotatable bonds is 4. The van der Waals surface area contributed by atoms with Gasteiger partial charge in [0.1, 0.15) is 10.8 Å². The molecule has 0 saturated carbocycles. The first-order chi connectivity index (χ1) is 10.8. The first-order valence-electron chi connectivity index (χ1n) is 7.48. The smallest absolute Gasteiger partial charge is 0.161 e. The molecule has 0 aromatic carbocycles. The van der Waals surface area contributed by atoms with Crippen LogP contribution in [0.25, 0.3) is 5.82 Å². The number of nitrogens with one attached hydrogen (secondary N) is 1. The molecular formula is C16H17N5S. The molecule has 6 heteroatoms. The molecule has 1 aliphatic rings. The lowest BCUT2D eigenvalue weighted by Crippen LogP contribution is -2.06. The van der Waals surface area contributed by atoms with Crippen LogP contribution in [-0.4, -0.2) is 19.5 Å². The number of pyridine rings is 1. The SMILES string of the molecule is Cc1nccn1-c1ncccc1NCc1nc2c(s1)CCC2. The van der Waals surface area contributed by atoms with Gasteiger partial charge >= 0.3 is 0 Å². The maximum atomic E-state index is 4.73. The summed E-state index contributed by atoms with van der Waals surface area (Å²) in [5.74, 6) is 1.80. The lowest BCUT2D eigenvalue weighted by molar-refractivity contribution is 0.890. The zero-order chi connectivity index (χ0) is 14.9. The van der Waals surface area contributed by atoms with Gasteiger partial charge in [0, 0.05) is 23.5 Å². The monoisotopic (exact) mass is 311 g/mol. The highest BCUT2D eigenvalue weighted by Crippen LogP contribution is 2.28. The number of imidazole rings is 1. The summed E-state index contributed by atoms with van der Waals surface area (Å²) in [6.07, 6.45) is 9.12. The van der Waals surface area contributed by atoms with E-state index in [1.54, 1.807) is 12.4 Å². The second-order valence-corrected chi connectivity index (χ2v) is 6.57. The molecule has 3 heterocycles. The van der Waals surface area contributed by atoms with Gasteiger partial charge in [-0.05, 0) is 38.3 Å². The molecule has 3 aromatic rings. The summed E-state index contributed by atoms with van der Waals surface area (Å²) >= 11 is 1.83. The number of nitrogens with zero attached hydrogens (tertiary/aromatic N) is 4. The summed E-state index contributed by atoms with van der Waals surface area (Å²) < 4.78 is 1.99. The van der Waals surface area contributed by atoms with E-state index in [1.807, 2.05) is 41.2 Å². The first-order valence-corrected chi connectivity index (χ1v) is 8.29. The van der Waals surface area contributed by atoms with Gasteiger partial charge in [-0.3, -0.25) is 4.57 Å². The van der Waals surface area contributed by atoms with Crippen LogP contribution in [0.2, 0.25) is 0 Å². The Bertz CT molecular complexity index is 783. The topological polar surface area (TPSA) is 55.6 Å². The van der Waals surface area contributed by atoms with Gasteiger partial charge in [-0.25, -0.2) is 15.0 Å². The van der Waals surface area contributed by atoms with E-state index in [4.69, 9.17) is 4.98 Å². The largest absolute Gasteiger partial charge is 0.376 e. The van der Waals surface area contributed by atoms with Crippen molar-refractivity contribution < 1.29 is 0 Å². The lowest BCUT2D eigenvalue weighted by Gasteiger charge is -2.11. The van der Waals surface area contributed by atoms with Crippen molar-refractivity contribution in [3.05, 3.63) is 52.1 Å². The van der Waals surface area contributed by atoms with E-state index in [2.05, 4.69) is 15.3 Å². The molecular weight excluding hydrogens is 294 g/mol. The quantitative estimate of drug-likeness (QED) is 0.804. The zero-order valence-corrected chi connectivity index (χ0v) is 13.2. The summed E-state index contributed by atoms with van der Waals surface area (Å²) in [7, 11) is 0. The van der Waals surface area contributed by atoms with Crippen LogP contribution in [0.15, 0.2) is 30.7 Å². The number of hydrogen-bond acceptors (Lipinski definition) is 5. The van der Waals surface area contributed by atoms with Gasteiger partial charge in [0.25, 0.3) is 0 Å². The summed E-state index contributed by atoms with van der Waals surface area (Å²) in [5, 5.41) is 4.63. The Hall–Kier alpha value is -2.21. The van der Waals surface area contributed by atoms with Gasteiger partial charge < -0.3 is 5.32 Å². The number of hydrogen-bond donors (Lipinski definition) is 1. The van der Waals surface area contributed by atoms with Crippen LogP contribution < -0.4 is 5.32 Å². The van der Waals surface area contributed by atoms with Crippen molar-refractivity contribution in [3.63, 3.8) is 0 Å². The normalized spacial score (nSPS) is 13.3. The number of aryl methyl sites for hydroxylation is 3. The van der Waals surface area contributed by atoms with E-state index in [-0.39, 0.29) is 0 Å². The third kappa shape index (κ3) is 2.39. The minimum atomic E-state index is 0.740. The fourth-order valence-corrected chi connectivity index (χ4v) is 3.92. The molecule has 5 nitrogen and oxygen atoms in total. The molecule has 0 atom stereocenters. The van der Waals surface area contributed by atoms with Crippen molar-refractivity contribution in [1.82, 2.24) is 19.5 Å². The molecule has 0 bridgehead atoms. The highest BCUT2D eigenvalue weighted by atomic mass is 32.1. The summed E-state index contributed by atoms with van der Waals surface area (Å²) in [4.78, 5) is 15.0. The van der Waals surface area contributed by atoms with Crippen LogP contribution in [0, 0.1) is 6.92 Å². The second kappa shape index (κ2) is 5.53. The molecule has 22 heavy (non-hydrogen) atoms. The lowest BCUT2D eigenvalue weighted by atomic mass is 10.3. The van der Waals surface area contributed by atoms with Crippen molar-refractivity contribution in [2.24, 2.45) is 0 Å². The third-order valence-electron chi connectivity index (χ3n) is 3.91. The Labute approximate surface area is 133 Å². The third-order valence-corrected chi connectivity index (χ3v) is 5.07. The van der Waals surface area contributed by atoms with Crippen LogP contribution in [0.5, 0.6) is 0 Å². The van der Waals surface area contributed by atoms with Gasteiger partial charge in [0.2, 0.25) is 0 Å². The van der Waals surface area contributed by atoms with E-state index in [0.29, 0.717) is 0 Å². The van der Waals surface area contributed by atoms with E-state index < -0.39 is 0 Å². The van der Waals surface area contributed by atoms with Gasteiger partial charge in [-0.1, -0.05) is 0 Å². The highest BCUT2D eigenvalue weighted by molar-refractivity contribution is 7.11. The van der Waals surface area contributed by atoms with Crippen molar-refractivity contribution in [3.8, 4) is 5.82 Å². The minimum absolute atomic E-state index is 0.740. The van der Waals surface area contributed by atoms with Crippen LogP contribution >= 0.6 is 11.3 Å². The fraction of sp³-hybridized carbons (Fsp3) is 0.312. The van der Waals surface area contributed by atoms with Crippen LogP contribution in [0.4, 0.5) is 5.69 Å². The maximum Gasteiger partial charge on any atom is 0.161 e. The molecule has 4 rings (SSSR count). The van der Waals surface area contributed by atoms with Crippen molar-refractivity contribution in [2.75, 3.05) is 5.32 Å². The van der Waals surface area contributed by atoms with E-state index in [1.165, 1.54) is 23.4 Å². The Morgan fingerprint density at radius 3 is 3.05 bits per heavy atom. The van der Waals surface area contributed by atoms with Crippen molar-refractivity contribution in [1.29, 1.82) is 0 Å². The Balaban J connectivity index is 1.57. The predicted molar refractivity (Wildman–Crippen MR) is 87.6 cm³/mol. The number of fused-ring (bicyclic) bond motifs is 1. The molecule has 0 spiro atoms. The fourth-order valence-electron chi connectivity index (χ4n) is 2.82. The molecule has 0 fully saturated rings. The standard InChI is InChI=1S/C16H17N5S/c1-11-17-8-9-21(11)16-13(5-3-7-18-16)19-10-15-20-12-4-2-6-14(12)22-15/h3,5,7-9,19H,2,4,6,10H2,1H3. The maximum absolute atomic E-state index is 4.73. The van der Waals surface area contributed by atoms with E-state index in [9.17, 15) is 0 Å². The van der Waals surface area contributed by atoms with Crippen LogP contribution in [0.3, 0.4) is 0 Å². The summed E-state index contributed by atoms with van der Waals surface area (Å²) in [5.41, 5.74) is 2.30. The zero-order valence-electron chi connectivity index (χ0n) is 12.4. The molecule has 0 radical (unpaired) electrons. The van der Waals surface area contributed by atoms with Crippen LogP contribution in [-0.2, 0) is 19.4 Å². The first kappa shape index (κ1) is 13.5. The average molecular weight is 311 g/mol. The molecule has 0 aliphatic heterocycles. The predicted octanol–water partition coefficient (Wildman–Crippen LogP) is 3.13. The summed E-state index contributed by atoms with van der Waals surface area (Å²) in [6, 6.07) is 3.99. The van der Waals surface area contributed by atoms with E-state index in [0.717, 1.165) is 35.3 Å². The van der Waals surface area contributed by atoms with E-state index >= 15 is 0 Å². The molecule has 3 aromatic heterocycles. The number of aromatic nitrogens is 4. The molecule has 1 N–H and O–H groups in total. The van der Waals surface area contributed by atoms with Crippen molar-refractivity contribution >= 4 is 17.0 Å². The summed E-state index contributed by atoms with van der Waals surface area (Å²) in [6.45, 7) is 2.72. The molecule has 112 valence electrons. The highest BCUT2D eigenvalue weighted by Gasteiger charge is 2.16. The Morgan fingerprint density at radius 2 is 2.23 bits per heavy atom. The minimum Gasteiger partial charge on any atom is -0.376 e. The van der Waals surface area contributed by atoms with Gasteiger partial charge in [-0.2, -0.15) is 0 Å².